The first-order valence-electron chi connectivity index (χ1n) is 21.7. The number of allylic oxidation sites excluding steroid dienone is 9. The monoisotopic (exact) mass is 799 g/mol. The normalized spacial score (nSPS) is 36.7. The maximum atomic E-state index is 13.1. The van der Waals surface area contributed by atoms with Crippen molar-refractivity contribution in [2.75, 3.05) is 40.5 Å². The van der Waals surface area contributed by atoms with Gasteiger partial charge in [-0.05, 0) is 156 Å². The van der Waals surface area contributed by atoms with Gasteiger partial charge in [0.05, 0.1) is 18.3 Å². The van der Waals surface area contributed by atoms with Crippen LogP contribution in [-0.4, -0.2) is 95.8 Å². The highest BCUT2D eigenvalue weighted by molar-refractivity contribution is 5.76. The molecular weight excluding hydrogens is 729 g/mol. The van der Waals surface area contributed by atoms with Crippen molar-refractivity contribution in [1.82, 2.24) is 10.6 Å². The molecule has 0 aromatic heterocycles. The van der Waals surface area contributed by atoms with Crippen LogP contribution in [0.15, 0.2) is 95.2 Å². The number of carbonyl (C=O) groups is 1. The highest BCUT2D eigenvalue weighted by Crippen LogP contribution is 2.72. The minimum atomic E-state index is -1.24. The fourth-order valence-corrected chi connectivity index (χ4v) is 12.0. The number of aliphatic hydroxyl groups excluding tert-OH is 4. The van der Waals surface area contributed by atoms with Gasteiger partial charge in [0.2, 0.25) is 0 Å². The molecule has 10 unspecified atom stereocenters. The lowest BCUT2D eigenvalue weighted by Crippen LogP contribution is -2.67. The molecule has 0 amide bonds. The summed E-state index contributed by atoms with van der Waals surface area (Å²) >= 11 is 0. The van der Waals surface area contributed by atoms with E-state index in [1.165, 1.54) is 11.1 Å². The molecule has 318 valence electrons. The Bertz CT molecular complexity index is 1800. The van der Waals surface area contributed by atoms with Gasteiger partial charge in [0.15, 0.2) is 0 Å². The molecule has 7 N–H and O–H groups in total. The van der Waals surface area contributed by atoms with Crippen LogP contribution in [0.4, 0.5) is 0 Å². The summed E-state index contributed by atoms with van der Waals surface area (Å²) in [5.74, 6) is -0.788. The number of hydrogen-bond donors (Lipinski definition) is 7. The number of hydrogen-bond acceptors (Lipinski definition) is 9. The molecule has 1 aromatic carbocycles. The van der Waals surface area contributed by atoms with E-state index in [9.17, 15) is 30.3 Å². The lowest BCUT2D eigenvalue weighted by molar-refractivity contribution is -0.207. The van der Waals surface area contributed by atoms with E-state index in [1.807, 2.05) is 32.2 Å². The van der Waals surface area contributed by atoms with Gasteiger partial charge in [0.25, 0.3) is 0 Å². The van der Waals surface area contributed by atoms with Gasteiger partial charge in [0, 0.05) is 42.6 Å². The summed E-state index contributed by atoms with van der Waals surface area (Å²) in [5.41, 5.74) is 3.74. The first kappa shape index (κ1) is 44.6. The highest BCUT2D eigenvalue weighted by Gasteiger charge is 2.71. The topological polar surface area (TPSA) is 152 Å². The zero-order valence-electron chi connectivity index (χ0n) is 35.4. The van der Waals surface area contributed by atoms with Gasteiger partial charge in [-0.1, -0.05) is 72.9 Å². The summed E-state index contributed by atoms with van der Waals surface area (Å²) in [5, 5.41) is 65.0. The first-order valence-corrected chi connectivity index (χ1v) is 21.7. The van der Waals surface area contributed by atoms with Gasteiger partial charge < -0.3 is 35.6 Å². The van der Waals surface area contributed by atoms with E-state index in [1.54, 1.807) is 7.11 Å². The molecule has 1 aliphatic heterocycles. The Kier molecular flexibility index (Phi) is 14.4. The average Bonchev–Trinajstić information content (AvgIpc) is 3.55. The number of ether oxygens (including phenoxy) is 1. The van der Waals surface area contributed by atoms with Crippen molar-refractivity contribution in [1.29, 1.82) is 0 Å². The molecule has 0 saturated heterocycles. The lowest BCUT2D eigenvalue weighted by Gasteiger charge is -2.66. The Morgan fingerprint density at radius 2 is 1.95 bits per heavy atom. The summed E-state index contributed by atoms with van der Waals surface area (Å²) in [6.45, 7) is 9.48. The molecule has 0 radical (unpaired) electrons. The fraction of sp³-hybridized carbons (Fsp3) is 0.612. The van der Waals surface area contributed by atoms with Gasteiger partial charge in [-0.25, -0.2) is 0 Å². The quantitative estimate of drug-likeness (QED) is 0.0702. The van der Waals surface area contributed by atoms with Crippen LogP contribution in [-0.2, 0) is 22.4 Å². The minimum Gasteiger partial charge on any atom is -0.396 e. The molecule has 2 fully saturated rings. The van der Waals surface area contributed by atoms with Crippen molar-refractivity contribution >= 4 is 6.29 Å². The third kappa shape index (κ3) is 8.62. The number of benzene rings is 1. The number of carbonyl (C=O) groups excluding carboxylic acids is 1. The van der Waals surface area contributed by atoms with Crippen LogP contribution in [0.1, 0.15) is 89.2 Å². The molecule has 4 bridgehead atoms. The van der Waals surface area contributed by atoms with Crippen molar-refractivity contribution in [3.05, 3.63) is 106 Å². The van der Waals surface area contributed by atoms with Crippen LogP contribution < -0.4 is 10.6 Å². The Labute approximate surface area is 346 Å². The number of methoxy groups -OCH3 is 1. The number of aliphatic hydroxyl groups is 5. The second-order valence-electron chi connectivity index (χ2n) is 18.5. The second kappa shape index (κ2) is 18.7. The van der Waals surface area contributed by atoms with Crippen molar-refractivity contribution < 1.29 is 35.1 Å². The van der Waals surface area contributed by atoms with E-state index in [0.717, 1.165) is 60.7 Å². The van der Waals surface area contributed by atoms with Crippen molar-refractivity contribution in [3.63, 3.8) is 0 Å². The zero-order chi connectivity index (χ0) is 41.7. The Hall–Kier alpha value is -2.99. The van der Waals surface area contributed by atoms with Crippen LogP contribution in [0.2, 0.25) is 0 Å². The first-order chi connectivity index (χ1) is 27.8. The Morgan fingerprint density at radius 1 is 1.16 bits per heavy atom. The van der Waals surface area contributed by atoms with E-state index < -0.39 is 34.7 Å². The molecule has 1 heterocycles. The van der Waals surface area contributed by atoms with Crippen molar-refractivity contribution in [3.8, 4) is 0 Å². The number of fused-ring (bicyclic) bond motifs is 3. The van der Waals surface area contributed by atoms with Crippen LogP contribution >= 0.6 is 0 Å². The lowest BCUT2D eigenvalue weighted by atomic mass is 9.40. The van der Waals surface area contributed by atoms with Gasteiger partial charge in [-0.15, -0.1) is 0 Å². The third-order valence-electron chi connectivity index (χ3n) is 14.9. The van der Waals surface area contributed by atoms with Gasteiger partial charge in [0.1, 0.15) is 12.5 Å². The molecule has 1 spiro atoms. The van der Waals surface area contributed by atoms with E-state index in [-0.39, 0.29) is 36.5 Å². The molecule has 9 nitrogen and oxygen atoms in total. The highest BCUT2D eigenvalue weighted by atomic mass is 16.5. The molecule has 10 atom stereocenters. The predicted molar refractivity (Wildman–Crippen MR) is 230 cm³/mol. The summed E-state index contributed by atoms with van der Waals surface area (Å²) in [4.78, 5) is 12.7. The van der Waals surface area contributed by atoms with Gasteiger partial charge >= 0.3 is 0 Å². The van der Waals surface area contributed by atoms with E-state index in [2.05, 4.69) is 66.6 Å². The molecule has 5 aliphatic rings. The molecule has 4 aliphatic carbocycles. The smallest absolute Gasteiger partial charge is 0.146 e. The zero-order valence-corrected chi connectivity index (χ0v) is 35.4. The van der Waals surface area contributed by atoms with E-state index in [0.29, 0.717) is 63.7 Å². The number of rotatable bonds is 14. The third-order valence-corrected chi connectivity index (χ3v) is 14.9. The van der Waals surface area contributed by atoms with Crippen LogP contribution in [0.25, 0.3) is 0 Å². The van der Waals surface area contributed by atoms with Crippen LogP contribution in [0, 0.1) is 34.5 Å². The standard InChI is InChI=1S/C49H70N2O7/c1-33(38-15-14-34(2)45(56)51-46(3,23-26-58-5)29-36-11-7-10-35(27-36)28-38)9-6-12-39(30-53)41-17-21-49(44(41)55)43-37(18-25-52)16-20-47(32-48(49,57)22-24-50-4)19-8-13-40(31-54)42(43)47/h6-7,9-12,14,16,20,27,31,37-38,41,43-45,50-53,55-57H,1,8,13,15,17-19,21-26,28-30,32H2,2-5H3. The Morgan fingerprint density at radius 3 is 2.67 bits per heavy atom. The molecule has 58 heavy (non-hydrogen) atoms. The average molecular weight is 799 g/mol. The maximum absolute atomic E-state index is 13.1. The van der Waals surface area contributed by atoms with Gasteiger partial charge in [-0.3, -0.25) is 10.1 Å². The van der Waals surface area contributed by atoms with Crippen molar-refractivity contribution in [2.45, 2.75) is 114 Å². The SMILES string of the molecule is C=C(C=CC=C(CO)C1CCC2(C1O)C1C3=C(C=O)CCCC3(C=CC1CCO)CC2(O)CCNC)C1CC=C(C)C(O)NC(C)(CCOC)Cc2cccc(c2)C1. The fourth-order valence-electron chi connectivity index (χ4n) is 12.0. The van der Waals surface area contributed by atoms with Crippen molar-refractivity contribution in [2.24, 2.45) is 34.5 Å². The van der Waals surface area contributed by atoms with E-state index >= 15 is 0 Å². The molecule has 9 heteroatoms. The Balaban J connectivity index is 1.29. The second-order valence-corrected chi connectivity index (χ2v) is 18.5. The maximum Gasteiger partial charge on any atom is 0.146 e. The number of nitrogens with one attached hydrogen (secondary N) is 2. The van der Waals surface area contributed by atoms with Crippen LogP contribution in [0.3, 0.4) is 0 Å². The summed E-state index contributed by atoms with van der Waals surface area (Å²) in [7, 11) is 3.58. The minimum absolute atomic E-state index is 0.0309. The van der Waals surface area contributed by atoms with Crippen LogP contribution in [0.5, 0.6) is 0 Å². The molecular formula is C49H70N2O7. The molecule has 6 rings (SSSR count). The predicted octanol–water partition coefficient (Wildman–Crippen LogP) is 5.82. The largest absolute Gasteiger partial charge is 0.396 e. The molecule has 2 saturated carbocycles. The number of aldehydes is 1. The summed E-state index contributed by atoms with van der Waals surface area (Å²) < 4.78 is 5.41. The summed E-state index contributed by atoms with van der Waals surface area (Å²) in [6.07, 6.45) is 19.4. The summed E-state index contributed by atoms with van der Waals surface area (Å²) in [6, 6.07) is 8.65. The molecule has 1 aromatic rings. The van der Waals surface area contributed by atoms with Gasteiger partial charge in [-0.2, -0.15) is 0 Å². The van der Waals surface area contributed by atoms with E-state index in [4.69, 9.17) is 4.74 Å².